The summed E-state index contributed by atoms with van der Waals surface area (Å²) >= 11 is 0. The van der Waals surface area contributed by atoms with Crippen molar-refractivity contribution in [3.63, 3.8) is 0 Å². The molecule has 0 bridgehead atoms. The van der Waals surface area contributed by atoms with Gasteiger partial charge in [-0.05, 0) is 25.0 Å². The minimum atomic E-state index is -0.534. The van der Waals surface area contributed by atoms with Gasteiger partial charge in [-0.2, -0.15) is 0 Å². The number of amides is 1. The summed E-state index contributed by atoms with van der Waals surface area (Å²) < 4.78 is 10.5. The van der Waals surface area contributed by atoms with E-state index in [1.165, 1.54) is 0 Å². The van der Waals surface area contributed by atoms with Gasteiger partial charge in [-0.3, -0.25) is 4.79 Å². The summed E-state index contributed by atoms with van der Waals surface area (Å²) in [6, 6.07) is 3.35. The zero-order valence-corrected chi connectivity index (χ0v) is 14.1. The highest BCUT2D eigenvalue weighted by Crippen LogP contribution is 2.29. The number of hydrogen-bond donors (Lipinski definition) is 2. The molecule has 0 fully saturated rings. The molecule has 0 saturated carbocycles. The van der Waals surface area contributed by atoms with Crippen molar-refractivity contribution >= 4 is 5.91 Å². The van der Waals surface area contributed by atoms with Crippen LogP contribution in [0.3, 0.4) is 0 Å². The highest BCUT2D eigenvalue weighted by Gasteiger charge is 2.18. The van der Waals surface area contributed by atoms with Gasteiger partial charge in [-0.1, -0.05) is 26.7 Å². The van der Waals surface area contributed by atoms with Gasteiger partial charge in [0, 0.05) is 17.7 Å². The number of rotatable bonds is 8. The van der Waals surface area contributed by atoms with E-state index in [1.54, 1.807) is 26.4 Å². The molecule has 124 valence electrons. The van der Waals surface area contributed by atoms with Gasteiger partial charge in [0.25, 0.3) is 5.91 Å². The zero-order valence-electron chi connectivity index (χ0n) is 14.1. The minimum Gasteiger partial charge on any atom is -0.496 e. The maximum Gasteiger partial charge on any atom is 0.251 e. The number of ether oxygens (including phenoxy) is 2. The molecular weight excluding hydrogens is 282 g/mol. The Labute approximate surface area is 132 Å². The van der Waals surface area contributed by atoms with Crippen LogP contribution in [-0.4, -0.2) is 37.9 Å². The fraction of sp³-hybridized carbons (Fsp3) is 0.588. The Morgan fingerprint density at radius 2 is 1.68 bits per heavy atom. The molecule has 0 spiro atoms. The third kappa shape index (κ3) is 4.37. The molecule has 0 heterocycles. The fourth-order valence-corrected chi connectivity index (χ4v) is 2.52. The van der Waals surface area contributed by atoms with Gasteiger partial charge in [0.05, 0.1) is 20.3 Å². The summed E-state index contributed by atoms with van der Waals surface area (Å²) in [7, 11) is 3.11. The second-order valence-electron chi connectivity index (χ2n) is 5.36. The first-order valence-electron chi connectivity index (χ1n) is 7.67. The highest BCUT2D eigenvalue weighted by molar-refractivity contribution is 5.95. The Kier molecular flexibility index (Phi) is 7.18. The fourth-order valence-electron chi connectivity index (χ4n) is 2.52. The van der Waals surface area contributed by atoms with Crippen LogP contribution >= 0.6 is 0 Å². The molecule has 0 aliphatic rings. The Morgan fingerprint density at radius 3 is 2.09 bits per heavy atom. The first-order valence-corrected chi connectivity index (χ1v) is 7.67. The largest absolute Gasteiger partial charge is 0.496 e. The monoisotopic (exact) mass is 309 g/mol. The molecule has 22 heavy (non-hydrogen) atoms. The average Bonchev–Trinajstić information content (AvgIpc) is 2.53. The second kappa shape index (κ2) is 8.63. The third-order valence-electron chi connectivity index (χ3n) is 4.08. The molecule has 5 nitrogen and oxygen atoms in total. The van der Waals surface area contributed by atoms with Gasteiger partial charge in [0.1, 0.15) is 11.5 Å². The van der Waals surface area contributed by atoms with Gasteiger partial charge < -0.3 is 19.9 Å². The number of carbonyl (C=O) groups is 1. The van der Waals surface area contributed by atoms with Gasteiger partial charge in [0.15, 0.2) is 0 Å². The van der Waals surface area contributed by atoms with Crippen molar-refractivity contribution in [1.82, 2.24) is 5.32 Å². The Morgan fingerprint density at radius 1 is 1.18 bits per heavy atom. The Hall–Kier alpha value is -1.75. The van der Waals surface area contributed by atoms with E-state index >= 15 is 0 Å². The number of carbonyl (C=O) groups excluding carboxylic acids is 1. The third-order valence-corrected chi connectivity index (χ3v) is 4.08. The first kappa shape index (κ1) is 18.3. The van der Waals surface area contributed by atoms with E-state index in [9.17, 15) is 9.90 Å². The summed E-state index contributed by atoms with van der Waals surface area (Å²) in [4.78, 5) is 12.3. The number of nitrogens with one attached hydrogen (secondary N) is 1. The van der Waals surface area contributed by atoms with E-state index < -0.39 is 6.10 Å². The van der Waals surface area contributed by atoms with Crippen molar-refractivity contribution in [3.05, 3.63) is 23.3 Å². The van der Waals surface area contributed by atoms with Crippen molar-refractivity contribution < 1.29 is 19.4 Å². The van der Waals surface area contributed by atoms with Crippen LogP contribution in [-0.2, 0) is 0 Å². The van der Waals surface area contributed by atoms with Crippen molar-refractivity contribution in [3.8, 4) is 11.5 Å². The van der Waals surface area contributed by atoms with Gasteiger partial charge in [-0.15, -0.1) is 0 Å². The lowest BCUT2D eigenvalue weighted by molar-refractivity contribution is 0.0816. The molecule has 1 atom stereocenters. The number of hydrogen-bond acceptors (Lipinski definition) is 4. The lowest BCUT2D eigenvalue weighted by atomic mass is 9.96. The molecule has 1 aromatic rings. The van der Waals surface area contributed by atoms with Crippen LogP contribution < -0.4 is 14.8 Å². The summed E-state index contributed by atoms with van der Waals surface area (Å²) in [6.07, 6.45) is 1.24. The van der Waals surface area contributed by atoms with E-state index in [-0.39, 0.29) is 18.4 Å². The minimum absolute atomic E-state index is 0.197. The summed E-state index contributed by atoms with van der Waals surface area (Å²) in [5.74, 6) is 1.15. The van der Waals surface area contributed by atoms with Crippen LogP contribution in [0.5, 0.6) is 11.5 Å². The second-order valence-corrected chi connectivity index (χ2v) is 5.36. The highest BCUT2D eigenvalue weighted by atomic mass is 16.5. The number of methoxy groups -OCH3 is 2. The van der Waals surface area contributed by atoms with Gasteiger partial charge >= 0.3 is 0 Å². The van der Waals surface area contributed by atoms with Crippen LogP contribution in [0.4, 0.5) is 0 Å². The van der Waals surface area contributed by atoms with Crippen LogP contribution in [0.1, 0.15) is 42.6 Å². The van der Waals surface area contributed by atoms with Crippen LogP contribution in [0.15, 0.2) is 12.1 Å². The number of aliphatic hydroxyl groups is 1. The molecule has 0 aliphatic heterocycles. The molecule has 0 radical (unpaired) electrons. The van der Waals surface area contributed by atoms with Crippen molar-refractivity contribution in [2.24, 2.45) is 5.92 Å². The Bertz CT molecular complexity index is 472. The van der Waals surface area contributed by atoms with E-state index in [4.69, 9.17) is 9.47 Å². The van der Waals surface area contributed by atoms with Gasteiger partial charge in [-0.25, -0.2) is 0 Å². The molecule has 1 aromatic carbocycles. The lowest BCUT2D eigenvalue weighted by Gasteiger charge is -2.20. The topological polar surface area (TPSA) is 67.8 Å². The Balaban J connectivity index is 2.81. The van der Waals surface area contributed by atoms with Crippen molar-refractivity contribution in [2.45, 2.75) is 39.7 Å². The predicted molar refractivity (Wildman–Crippen MR) is 86.7 cm³/mol. The maximum atomic E-state index is 12.3. The van der Waals surface area contributed by atoms with Gasteiger partial charge in [0.2, 0.25) is 0 Å². The molecule has 0 aromatic heterocycles. The zero-order chi connectivity index (χ0) is 16.7. The summed E-state index contributed by atoms with van der Waals surface area (Å²) in [5, 5.41) is 12.9. The first-order chi connectivity index (χ1) is 10.5. The summed E-state index contributed by atoms with van der Waals surface area (Å²) in [6.45, 7) is 6.18. The molecule has 0 aliphatic carbocycles. The predicted octanol–water partition coefficient (Wildman–Crippen LogP) is 2.54. The molecule has 1 unspecified atom stereocenters. The molecule has 5 heteroatoms. The van der Waals surface area contributed by atoms with Crippen molar-refractivity contribution in [2.75, 3.05) is 20.8 Å². The van der Waals surface area contributed by atoms with E-state index in [0.29, 0.717) is 17.1 Å². The molecule has 0 saturated heterocycles. The molecule has 1 amide bonds. The maximum absolute atomic E-state index is 12.3. The average molecular weight is 309 g/mol. The SMILES string of the molecule is CCC(CC)C(O)CNC(=O)c1cc(OC)c(C)c(OC)c1. The molecule has 2 N–H and O–H groups in total. The molecular formula is C17H27NO4. The number of benzene rings is 1. The van der Waals surface area contributed by atoms with Crippen molar-refractivity contribution in [1.29, 1.82) is 0 Å². The summed E-state index contributed by atoms with van der Waals surface area (Å²) in [5.41, 5.74) is 1.30. The quantitative estimate of drug-likeness (QED) is 0.774. The van der Waals surface area contributed by atoms with E-state index in [2.05, 4.69) is 5.32 Å². The normalized spacial score (nSPS) is 12.1. The molecule has 1 rings (SSSR count). The van der Waals surface area contributed by atoms with Crippen LogP contribution in [0.25, 0.3) is 0 Å². The van der Waals surface area contributed by atoms with E-state index in [1.807, 2.05) is 20.8 Å². The van der Waals surface area contributed by atoms with E-state index in [0.717, 1.165) is 18.4 Å². The number of aliphatic hydroxyl groups excluding tert-OH is 1. The smallest absolute Gasteiger partial charge is 0.251 e. The van der Waals surface area contributed by atoms with Crippen LogP contribution in [0, 0.1) is 12.8 Å². The lowest BCUT2D eigenvalue weighted by Crippen LogP contribution is -2.36. The van der Waals surface area contributed by atoms with Crippen LogP contribution in [0.2, 0.25) is 0 Å². The standard InChI is InChI=1S/C17H27NO4/c1-6-12(7-2)14(19)10-18-17(20)13-8-15(21-4)11(3)16(9-13)22-5/h8-9,12,14,19H,6-7,10H2,1-5H3,(H,18,20).